The topological polar surface area (TPSA) is 76.7 Å². The molecule has 0 saturated heterocycles. The highest BCUT2D eigenvalue weighted by Crippen LogP contribution is 2.26. The van der Waals surface area contributed by atoms with Gasteiger partial charge < -0.3 is 9.84 Å². The summed E-state index contributed by atoms with van der Waals surface area (Å²) < 4.78 is 20.0. The minimum absolute atomic E-state index is 0.00849. The van der Waals surface area contributed by atoms with Gasteiger partial charge in [-0.05, 0) is 24.3 Å². The van der Waals surface area contributed by atoms with Gasteiger partial charge in [-0.2, -0.15) is 5.10 Å². The van der Waals surface area contributed by atoms with E-state index in [1.807, 2.05) is 0 Å². The molecule has 0 spiro atoms. The first-order valence-corrected chi connectivity index (χ1v) is 6.02. The van der Waals surface area contributed by atoms with E-state index in [9.17, 15) is 9.18 Å². The summed E-state index contributed by atoms with van der Waals surface area (Å²) in [6, 6.07) is 6.10. The van der Waals surface area contributed by atoms with Crippen LogP contribution in [0.15, 0.2) is 36.7 Å². The van der Waals surface area contributed by atoms with Gasteiger partial charge in [0.15, 0.2) is 17.2 Å². The second-order valence-electron chi connectivity index (χ2n) is 4.28. The predicted molar refractivity (Wildman–Crippen MR) is 71.9 cm³/mol. The molecule has 0 amide bonds. The number of carboxylic acid groups (broad SMARTS) is 1. The van der Waals surface area contributed by atoms with Crippen molar-refractivity contribution in [1.82, 2.24) is 14.6 Å². The Balaban J connectivity index is 2.21. The molecule has 0 atom stereocenters. The molecule has 0 aliphatic carbocycles. The largest absolute Gasteiger partial charge is 0.494 e. The molecule has 21 heavy (non-hydrogen) atoms. The van der Waals surface area contributed by atoms with Crippen molar-refractivity contribution in [3.8, 4) is 17.0 Å². The number of hydrogen-bond acceptors (Lipinski definition) is 4. The molecule has 1 aromatic carbocycles. The number of aromatic carboxylic acids is 1. The van der Waals surface area contributed by atoms with Gasteiger partial charge >= 0.3 is 5.97 Å². The minimum atomic E-state index is -1.12. The Morgan fingerprint density at radius 2 is 2.19 bits per heavy atom. The number of carbonyl (C=O) groups is 1. The fourth-order valence-corrected chi connectivity index (χ4v) is 2.09. The maximum atomic E-state index is 13.8. The molecule has 3 aromatic rings. The Morgan fingerprint density at radius 3 is 2.86 bits per heavy atom. The van der Waals surface area contributed by atoms with Gasteiger partial charge in [-0.1, -0.05) is 0 Å². The van der Waals surface area contributed by atoms with E-state index >= 15 is 0 Å². The molecule has 106 valence electrons. The van der Waals surface area contributed by atoms with Crippen LogP contribution in [0.5, 0.6) is 5.75 Å². The number of rotatable bonds is 3. The first kappa shape index (κ1) is 13.0. The van der Waals surface area contributed by atoms with Crippen molar-refractivity contribution < 1.29 is 19.0 Å². The molecule has 7 heteroatoms. The highest BCUT2D eigenvalue weighted by atomic mass is 19.1. The van der Waals surface area contributed by atoms with E-state index in [4.69, 9.17) is 9.84 Å². The van der Waals surface area contributed by atoms with Crippen molar-refractivity contribution >= 4 is 11.6 Å². The van der Waals surface area contributed by atoms with Gasteiger partial charge in [0.1, 0.15) is 5.56 Å². The number of fused-ring (bicyclic) bond motifs is 1. The van der Waals surface area contributed by atoms with Crippen LogP contribution in [0.3, 0.4) is 0 Å². The van der Waals surface area contributed by atoms with Gasteiger partial charge in [0.05, 0.1) is 19.0 Å². The summed E-state index contributed by atoms with van der Waals surface area (Å²) in [5, 5.41) is 13.1. The average Bonchev–Trinajstić information content (AvgIpc) is 2.91. The summed E-state index contributed by atoms with van der Waals surface area (Å²) in [6.45, 7) is 0. The number of hydrogen-bond donors (Lipinski definition) is 1. The highest BCUT2D eigenvalue weighted by Gasteiger charge is 2.15. The highest BCUT2D eigenvalue weighted by molar-refractivity contribution is 5.94. The van der Waals surface area contributed by atoms with E-state index in [1.165, 1.54) is 36.2 Å². The van der Waals surface area contributed by atoms with Crippen molar-refractivity contribution in [3.05, 3.63) is 48.0 Å². The Bertz CT molecular complexity index is 845. The monoisotopic (exact) mass is 287 g/mol. The van der Waals surface area contributed by atoms with Crippen LogP contribution in [0.1, 0.15) is 10.4 Å². The Morgan fingerprint density at radius 1 is 1.38 bits per heavy atom. The minimum Gasteiger partial charge on any atom is -0.494 e. The number of ether oxygens (including phenoxy) is 1. The number of halogens is 1. The van der Waals surface area contributed by atoms with Gasteiger partial charge in [0.2, 0.25) is 0 Å². The van der Waals surface area contributed by atoms with E-state index in [0.29, 0.717) is 11.3 Å². The van der Waals surface area contributed by atoms with Crippen LogP contribution in [-0.2, 0) is 0 Å². The number of carboxylic acids is 1. The van der Waals surface area contributed by atoms with Crippen molar-refractivity contribution in [1.29, 1.82) is 0 Å². The Labute approximate surface area is 118 Å². The second kappa shape index (κ2) is 4.86. The van der Waals surface area contributed by atoms with Crippen LogP contribution in [0.2, 0.25) is 0 Å². The van der Waals surface area contributed by atoms with Crippen LogP contribution < -0.4 is 4.74 Å². The summed E-state index contributed by atoms with van der Waals surface area (Å²) in [6.07, 6.45) is 2.68. The first-order valence-electron chi connectivity index (χ1n) is 6.02. The second-order valence-corrected chi connectivity index (χ2v) is 4.28. The van der Waals surface area contributed by atoms with Crippen LogP contribution >= 0.6 is 0 Å². The van der Waals surface area contributed by atoms with Gasteiger partial charge in [-0.25, -0.2) is 18.7 Å². The van der Waals surface area contributed by atoms with Gasteiger partial charge in [0.25, 0.3) is 0 Å². The van der Waals surface area contributed by atoms with Crippen molar-refractivity contribution in [2.45, 2.75) is 0 Å². The molecular weight excluding hydrogens is 277 g/mol. The fraction of sp³-hybridized carbons (Fsp3) is 0.0714. The summed E-state index contributed by atoms with van der Waals surface area (Å²) in [4.78, 5) is 15.1. The zero-order valence-corrected chi connectivity index (χ0v) is 10.9. The molecule has 6 nitrogen and oxygen atoms in total. The lowest BCUT2D eigenvalue weighted by Crippen LogP contribution is -2.00. The van der Waals surface area contributed by atoms with Gasteiger partial charge in [-0.3, -0.25) is 0 Å². The zero-order chi connectivity index (χ0) is 15.0. The number of aromatic nitrogens is 3. The molecule has 0 saturated carbocycles. The van der Waals surface area contributed by atoms with Gasteiger partial charge in [0, 0.05) is 11.8 Å². The standard InChI is InChI=1S/C14H10FN3O3/c1-21-12-3-2-8(6-10(12)15)11-4-5-16-13-9(14(19)20)7-17-18(11)13/h2-7H,1H3,(H,19,20). The van der Waals surface area contributed by atoms with Crippen LogP contribution in [0, 0.1) is 5.82 Å². The quantitative estimate of drug-likeness (QED) is 0.799. The van der Waals surface area contributed by atoms with Crippen molar-refractivity contribution in [2.24, 2.45) is 0 Å². The van der Waals surface area contributed by atoms with Crippen molar-refractivity contribution in [3.63, 3.8) is 0 Å². The Kier molecular flexibility index (Phi) is 3.02. The summed E-state index contributed by atoms with van der Waals surface area (Å²) in [5.74, 6) is -1.49. The van der Waals surface area contributed by atoms with Crippen LogP contribution in [0.25, 0.3) is 16.9 Å². The smallest absolute Gasteiger partial charge is 0.341 e. The molecule has 2 heterocycles. The lowest BCUT2D eigenvalue weighted by atomic mass is 10.1. The molecule has 1 N–H and O–H groups in total. The van der Waals surface area contributed by atoms with Crippen LogP contribution in [-0.4, -0.2) is 32.8 Å². The molecule has 3 rings (SSSR count). The lowest BCUT2D eigenvalue weighted by molar-refractivity contribution is 0.0699. The molecule has 0 aliphatic rings. The molecule has 2 aromatic heterocycles. The third kappa shape index (κ3) is 2.08. The maximum Gasteiger partial charge on any atom is 0.341 e. The van der Waals surface area contributed by atoms with Crippen LogP contribution in [0.4, 0.5) is 4.39 Å². The molecule has 0 unspecified atom stereocenters. The zero-order valence-electron chi connectivity index (χ0n) is 10.9. The summed E-state index contributed by atoms with van der Waals surface area (Å²) in [7, 11) is 1.38. The van der Waals surface area contributed by atoms with E-state index in [1.54, 1.807) is 12.1 Å². The van der Waals surface area contributed by atoms with E-state index in [0.717, 1.165) is 0 Å². The van der Waals surface area contributed by atoms with E-state index in [2.05, 4.69) is 10.1 Å². The van der Waals surface area contributed by atoms with E-state index in [-0.39, 0.29) is 17.0 Å². The fourth-order valence-electron chi connectivity index (χ4n) is 2.09. The first-order chi connectivity index (χ1) is 10.1. The third-order valence-electron chi connectivity index (χ3n) is 3.08. The molecule has 0 fully saturated rings. The Hall–Kier alpha value is -2.96. The molecular formula is C14H10FN3O3. The molecule has 0 aliphatic heterocycles. The third-order valence-corrected chi connectivity index (χ3v) is 3.08. The summed E-state index contributed by atoms with van der Waals surface area (Å²) in [5.41, 5.74) is 1.27. The average molecular weight is 287 g/mol. The SMILES string of the molecule is COc1ccc(-c2ccnc3c(C(=O)O)cnn23)cc1F. The molecule has 0 bridgehead atoms. The normalized spacial score (nSPS) is 10.8. The lowest BCUT2D eigenvalue weighted by Gasteiger charge is -2.07. The van der Waals surface area contributed by atoms with Gasteiger partial charge in [-0.15, -0.1) is 0 Å². The number of nitrogens with zero attached hydrogens (tertiary/aromatic N) is 3. The summed E-state index contributed by atoms with van der Waals surface area (Å²) >= 11 is 0. The van der Waals surface area contributed by atoms with Crippen molar-refractivity contribution in [2.75, 3.05) is 7.11 Å². The maximum absolute atomic E-state index is 13.8. The number of methoxy groups -OCH3 is 1. The van der Waals surface area contributed by atoms with E-state index < -0.39 is 11.8 Å². The molecule has 0 radical (unpaired) electrons. The predicted octanol–water partition coefficient (Wildman–Crippen LogP) is 2.24. The number of benzene rings is 1.